The van der Waals surface area contributed by atoms with E-state index in [9.17, 15) is 4.79 Å². The van der Waals surface area contributed by atoms with Crippen LogP contribution in [-0.4, -0.2) is 32.1 Å². The molecule has 4 heteroatoms. The summed E-state index contributed by atoms with van der Waals surface area (Å²) in [4.78, 5) is 12.1. The maximum Gasteiger partial charge on any atom is 0.306 e. The minimum absolute atomic E-state index is 0.00380. The molecule has 0 aromatic carbocycles. The molecule has 0 bridgehead atoms. The molecule has 1 aliphatic rings. The fourth-order valence-corrected chi connectivity index (χ4v) is 5.43. The Bertz CT molecular complexity index is 579. The summed E-state index contributed by atoms with van der Waals surface area (Å²) in [5.41, 5.74) is 0. The Morgan fingerprint density at radius 3 is 1.77 bits per heavy atom. The first-order chi connectivity index (χ1) is 19.3. The van der Waals surface area contributed by atoms with Gasteiger partial charge in [0.1, 0.15) is 0 Å². The minimum atomic E-state index is -0.00380. The molecule has 0 amide bonds. The van der Waals surface area contributed by atoms with Crippen molar-refractivity contribution in [2.45, 2.75) is 168 Å². The predicted molar refractivity (Wildman–Crippen MR) is 166 cm³/mol. The van der Waals surface area contributed by atoms with Crippen LogP contribution >= 0.6 is 0 Å². The molecule has 1 atom stereocenters. The zero-order valence-corrected chi connectivity index (χ0v) is 26.0. The Balaban J connectivity index is 1.99. The number of esters is 1. The van der Waals surface area contributed by atoms with Gasteiger partial charge in [-0.05, 0) is 70.6 Å². The maximum absolute atomic E-state index is 12.1. The van der Waals surface area contributed by atoms with E-state index in [1.807, 2.05) is 6.92 Å². The number of ether oxygens (including phenoxy) is 3. The molecular formula is C35H64O4. The second kappa shape index (κ2) is 28.4. The molecule has 0 aliphatic carbocycles. The molecule has 1 aliphatic heterocycles. The molecule has 4 nitrogen and oxygen atoms in total. The van der Waals surface area contributed by atoms with Crippen molar-refractivity contribution >= 4 is 5.97 Å². The van der Waals surface area contributed by atoms with Gasteiger partial charge in [-0.15, -0.1) is 0 Å². The highest BCUT2D eigenvalue weighted by Crippen LogP contribution is 2.23. The summed E-state index contributed by atoms with van der Waals surface area (Å²) in [6, 6.07) is 0. The van der Waals surface area contributed by atoms with E-state index in [-0.39, 0.29) is 12.3 Å². The van der Waals surface area contributed by atoms with E-state index in [2.05, 4.69) is 31.2 Å². The molecule has 39 heavy (non-hydrogen) atoms. The molecule has 0 spiro atoms. The van der Waals surface area contributed by atoms with Crippen molar-refractivity contribution < 1.29 is 19.0 Å². The third kappa shape index (κ3) is 24.4. The smallest absolute Gasteiger partial charge is 0.306 e. The lowest BCUT2D eigenvalue weighted by atomic mass is 9.91. The van der Waals surface area contributed by atoms with Gasteiger partial charge in [0.05, 0.1) is 19.8 Å². The summed E-state index contributed by atoms with van der Waals surface area (Å²) in [5.74, 6) is 0.495. The molecular weight excluding hydrogens is 484 g/mol. The molecule has 1 rings (SSSR count). The first-order valence-corrected chi connectivity index (χ1v) is 16.9. The van der Waals surface area contributed by atoms with Crippen LogP contribution in [-0.2, 0) is 19.0 Å². The number of carbonyl (C=O) groups is 1. The van der Waals surface area contributed by atoms with Gasteiger partial charge in [0, 0.05) is 6.42 Å². The minimum Gasteiger partial charge on any atom is -0.466 e. The highest BCUT2D eigenvalue weighted by atomic mass is 16.7. The van der Waals surface area contributed by atoms with Crippen LogP contribution in [0.4, 0.5) is 0 Å². The number of rotatable bonds is 28. The average Bonchev–Trinajstić information content (AvgIpc) is 3.45. The van der Waals surface area contributed by atoms with Gasteiger partial charge in [-0.25, -0.2) is 0 Å². The van der Waals surface area contributed by atoms with Gasteiger partial charge in [0.2, 0.25) is 0 Å². The lowest BCUT2D eigenvalue weighted by molar-refractivity contribution is -0.144. The molecule has 0 saturated carbocycles. The summed E-state index contributed by atoms with van der Waals surface area (Å²) < 4.78 is 16.3. The van der Waals surface area contributed by atoms with Crippen LogP contribution in [0, 0.1) is 5.92 Å². The summed E-state index contributed by atoms with van der Waals surface area (Å²) in [6.07, 6.45) is 37.8. The summed E-state index contributed by atoms with van der Waals surface area (Å²) in [6.45, 7) is 6.17. The summed E-state index contributed by atoms with van der Waals surface area (Å²) in [5, 5.41) is 0. The first-order valence-electron chi connectivity index (χ1n) is 16.9. The van der Waals surface area contributed by atoms with Gasteiger partial charge in [-0.1, -0.05) is 115 Å². The van der Waals surface area contributed by atoms with Crippen LogP contribution in [0.15, 0.2) is 24.3 Å². The van der Waals surface area contributed by atoms with E-state index in [0.717, 1.165) is 26.1 Å². The molecule has 1 unspecified atom stereocenters. The van der Waals surface area contributed by atoms with Crippen LogP contribution in [0.1, 0.15) is 162 Å². The zero-order chi connectivity index (χ0) is 28.1. The quantitative estimate of drug-likeness (QED) is 0.0554. The summed E-state index contributed by atoms with van der Waals surface area (Å²) in [7, 11) is 0. The van der Waals surface area contributed by atoms with E-state index < -0.39 is 0 Å². The van der Waals surface area contributed by atoms with E-state index in [1.165, 1.54) is 128 Å². The maximum atomic E-state index is 12.1. The number of carbonyl (C=O) groups excluding carboxylic acids is 1. The molecule has 228 valence electrons. The zero-order valence-electron chi connectivity index (χ0n) is 26.0. The van der Waals surface area contributed by atoms with Gasteiger partial charge in [-0.2, -0.15) is 0 Å². The SMILES string of the molecule is CCCCCC=CCC=CCCCCCCCCCC(CCCCCCCCC1OCCO1)CC(=O)OCC. The molecule has 0 radical (unpaired) electrons. The van der Waals surface area contributed by atoms with Crippen LogP contribution in [0.5, 0.6) is 0 Å². The van der Waals surface area contributed by atoms with E-state index in [0.29, 0.717) is 18.9 Å². The highest BCUT2D eigenvalue weighted by Gasteiger charge is 2.15. The third-order valence-corrected chi connectivity index (χ3v) is 7.82. The lowest BCUT2D eigenvalue weighted by Crippen LogP contribution is -2.12. The Morgan fingerprint density at radius 1 is 0.692 bits per heavy atom. The van der Waals surface area contributed by atoms with E-state index in [4.69, 9.17) is 14.2 Å². The van der Waals surface area contributed by atoms with Crippen molar-refractivity contribution in [3.05, 3.63) is 24.3 Å². The Labute approximate surface area is 242 Å². The monoisotopic (exact) mass is 548 g/mol. The predicted octanol–water partition coefficient (Wildman–Crippen LogP) is 10.6. The van der Waals surface area contributed by atoms with Gasteiger partial charge in [-0.3, -0.25) is 4.79 Å². The van der Waals surface area contributed by atoms with Crippen molar-refractivity contribution in [2.75, 3.05) is 19.8 Å². The Kier molecular flexibility index (Phi) is 26.1. The molecule has 0 N–H and O–H groups in total. The van der Waals surface area contributed by atoms with Crippen molar-refractivity contribution in [3.63, 3.8) is 0 Å². The van der Waals surface area contributed by atoms with Gasteiger partial charge >= 0.3 is 5.97 Å². The number of hydrogen-bond donors (Lipinski definition) is 0. The average molecular weight is 549 g/mol. The third-order valence-electron chi connectivity index (χ3n) is 7.82. The van der Waals surface area contributed by atoms with Crippen molar-refractivity contribution in [2.24, 2.45) is 5.92 Å². The Hall–Kier alpha value is -1.13. The number of allylic oxidation sites excluding steroid dienone is 4. The second-order valence-electron chi connectivity index (χ2n) is 11.5. The standard InChI is InChI=1S/C35H64O4/c1-3-5-6-7-8-9-10-11-12-13-14-15-16-17-18-21-24-27-33(32-34(36)37-4-2)28-25-22-19-20-23-26-29-35-38-30-31-39-35/h8-9,11-12,33,35H,3-7,10,13-32H2,1-2H3. The van der Waals surface area contributed by atoms with Crippen LogP contribution in [0.25, 0.3) is 0 Å². The largest absolute Gasteiger partial charge is 0.466 e. The molecule has 1 fully saturated rings. The molecule has 1 saturated heterocycles. The van der Waals surface area contributed by atoms with E-state index >= 15 is 0 Å². The normalized spacial score (nSPS) is 15.1. The van der Waals surface area contributed by atoms with Gasteiger partial charge < -0.3 is 14.2 Å². The Morgan fingerprint density at radius 2 is 1.21 bits per heavy atom. The summed E-state index contributed by atoms with van der Waals surface area (Å²) >= 11 is 0. The van der Waals surface area contributed by atoms with Crippen molar-refractivity contribution in [1.82, 2.24) is 0 Å². The fourth-order valence-electron chi connectivity index (χ4n) is 5.43. The van der Waals surface area contributed by atoms with E-state index in [1.54, 1.807) is 0 Å². The second-order valence-corrected chi connectivity index (χ2v) is 11.5. The lowest BCUT2D eigenvalue weighted by Gasteiger charge is -2.16. The van der Waals surface area contributed by atoms with Crippen molar-refractivity contribution in [1.29, 1.82) is 0 Å². The van der Waals surface area contributed by atoms with Crippen LogP contribution in [0.2, 0.25) is 0 Å². The van der Waals surface area contributed by atoms with Gasteiger partial charge in [0.25, 0.3) is 0 Å². The molecule has 1 heterocycles. The number of unbranched alkanes of at least 4 members (excludes halogenated alkanes) is 15. The van der Waals surface area contributed by atoms with Crippen molar-refractivity contribution in [3.8, 4) is 0 Å². The topological polar surface area (TPSA) is 44.8 Å². The highest BCUT2D eigenvalue weighted by molar-refractivity contribution is 5.69. The fraction of sp³-hybridized carbons (Fsp3) is 0.857. The van der Waals surface area contributed by atoms with Crippen LogP contribution in [0.3, 0.4) is 0 Å². The molecule has 0 aromatic rings. The molecule has 0 aromatic heterocycles. The first kappa shape index (κ1) is 35.9. The van der Waals surface area contributed by atoms with Gasteiger partial charge in [0.15, 0.2) is 6.29 Å². The number of hydrogen-bond acceptors (Lipinski definition) is 4. The van der Waals surface area contributed by atoms with Crippen LogP contribution < -0.4 is 0 Å².